The molecule has 2 N–H and O–H groups in total. The van der Waals surface area contributed by atoms with E-state index in [4.69, 9.17) is 4.74 Å². The first kappa shape index (κ1) is 16.9. The van der Waals surface area contributed by atoms with Crippen LogP contribution in [0.25, 0.3) is 0 Å². The minimum Gasteiger partial charge on any atom is -0.491 e. The lowest BCUT2D eigenvalue weighted by Gasteiger charge is -2.12. The molecule has 2 rings (SSSR count). The number of benzene rings is 2. The van der Waals surface area contributed by atoms with Gasteiger partial charge in [-0.2, -0.15) is 0 Å². The van der Waals surface area contributed by atoms with Crippen LogP contribution >= 0.6 is 0 Å². The molecule has 0 aliphatic carbocycles. The zero-order valence-electron chi connectivity index (χ0n) is 14.0. The van der Waals surface area contributed by atoms with E-state index in [1.54, 1.807) is 0 Å². The zero-order chi connectivity index (χ0) is 16.7. The van der Waals surface area contributed by atoms with Gasteiger partial charge in [-0.1, -0.05) is 42.8 Å². The van der Waals surface area contributed by atoms with E-state index < -0.39 is 0 Å². The monoisotopic (exact) mass is 312 g/mol. The SMILES string of the molecule is CCc1ccccc1NC(=O)NCCOc1ccc(C)cc1C. The van der Waals surface area contributed by atoms with E-state index in [-0.39, 0.29) is 6.03 Å². The van der Waals surface area contributed by atoms with Gasteiger partial charge in [-0.05, 0) is 43.5 Å². The number of carbonyl (C=O) groups is 1. The van der Waals surface area contributed by atoms with E-state index in [0.717, 1.165) is 29.0 Å². The molecule has 0 aliphatic rings. The number of rotatable bonds is 6. The van der Waals surface area contributed by atoms with Gasteiger partial charge in [0.1, 0.15) is 12.4 Å². The van der Waals surface area contributed by atoms with Crippen LogP contribution in [0.2, 0.25) is 0 Å². The van der Waals surface area contributed by atoms with Crippen molar-refractivity contribution >= 4 is 11.7 Å². The molecule has 122 valence electrons. The number of carbonyl (C=O) groups excluding carboxylic acids is 1. The molecule has 0 atom stereocenters. The maximum absolute atomic E-state index is 11.9. The summed E-state index contributed by atoms with van der Waals surface area (Å²) in [6, 6.07) is 13.7. The molecular weight excluding hydrogens is 288 g/mol. The van der Waals surface area contributed by atoms with Crippen molar-refractivity contribution < 1.29 is 9.53 Å². The van der Waals surface area contributed by atoms with Crippen molar-refractivity contribution in [2.75, 3.05) is 18.5 Å². The summed E-state index contributed by atoms with van der Waals surface area (Å²) >= 11 is 0. The van der Waals surface area contributed by atoms with Crippen molar-refractivity contribution in [1.82, 2.24) is 5.32 Å². The van der Waals surface area contributed by atoms with Gasteiger partial charge in [0.25, 0.3) is 0 Å². The third-order valence-corrected chi connectivity index (χ3v) is 3.62. The van der Waals surface area contributed by atoms with Crippen LogP contribution in [-0.2, 0) is 6.42 Å². The molecule has 0 saturated carbocycles. The van der Waals surface area contributed by atoms with Crippen molar-refractivity contribution in [1.29, 1.82) is 0 Å². The lowest BCUT2D eigenvalue weighted by atomic mass is 10.1. The highest BCUT2D eigenvalue weighted by Gasteiger charge is 2.05. The largest absolute Gasteiger partial charge is 0.491 e. The highest BCUT2D eigenvalue weighted by molar-refractivity contribution is 5.90. The Hall–Kier alpha value is -2.49. The zero-order valence-corrected chi connectivity index (χ0v) is 14.0. The second kappa shape index (κ2) is 8.22. The number of urea groups is 1. The summed E-state index contributed by atoms with van der Waals surface area (Å²) in [5, 5.41) is 5.68. The first-order chi connectivity index (χ1) is 11.1. The molecule has 0 aromatic heterocycles. The van der Waals surface area contributed by atoms with Gasteiger partial charge in [0, 0.05) is 5.69 Å². The van der Waals surface area contributed by atoms with E-state index in [2.05, 4.69) is 30.5 Å². The molecule has 4 heteroatoms. The molecule has 0 aliphatic heterocycles. The van der Waals surface area contributed by atoms with E-state index in [9.17, 15) is 4.79 Å². The summed E-state index contributed by atoms with van der Waals surface area (Å²) < 4.78 is 5.69. The molecule has 0 bridgehead atoms. The normalized spacial score (nSPS) is 10.2. The van der Waals surface area contributed by atoms with E-state index in [0.29, 0.717) is 13.2 Å². The maximum atomic E-state index is 11.9. The average Bonchev–Trinajstić information content (AvgIpc) is 2.53. The Balaban J connectivity index is 1.76. The average molecular weight is 312 g/mol. The third kappa shape index (κ3) is 5.02. The van der Waals surface area contributed by atoms with Gasteiger partial charge in [0.2, 0.25) is 0 Å². The quantitative estimate of drug-likeness (QED) is 0.790. The Kier molecular flexibility index (Phi) is 6.03. The van der Waals surface area contributed by atoms with Gasteiger partial charge in [0.15, 0.2) is 0 Å². The number of para-hydroxylation sites is 1. The molecule has 23 heavy (non-hydrogen) atoms. The summed E-state index contributed by atoms with van der Waals surface area (Å²) in [7, 11) is 0. The second-order valence-corrected chi connectivity index (χ2v) is 5.51. The summed E-state index contributed by atoms with van der Waals surface area (Å²) in [5.41, 5.74) is 4.28. The Bertz CT molecular complexity index is 668. The van der Waals surface area contributed by atoms with Crippen LogP contribution in [0, 0.1) is 13.8 Å². The number of aryl methyl sites for hydroxylation is 3. The van der Waals surface area contributed by atoms with Gasteiger partial charge in [0.05, 0.1) is 6.54 Å². The summed E-state index contributed by atoms with van der Waals surface area (Å²) in [5.74, 6) is 0.856. The predicted molar refractivity (Wildman–Crippen MR) is 94.3 cm³/mol. The molecule has 2 amide bonds. The fourth-order valence-electron chi connectivity index (χ4n) is 2.40. The summed E-state index contributed by atoms with van der Waals surface area (Å²) in [6.45, 7) is 7.03. The number of hydrogen-bond donors (Lipinski definition) is 2. The van der Waals surface area contributed by atoms with Crippen LogP contribution in [0.3, 0.4) is 0 Å². The number of amides is 2. The van der Waals surface area contributed by atoms with Gasteiger partial charge in [-0.25, -0.2) is 4.79 Å². The summed E-state index contributed by atoms with van der Waals surface area (Å²) in [4.78, 5) is 11.9. The van der Waals surface area contributed by atoms with Crippen LogP contribution in [0.5, 0.6) is 5.75 Å². The lowest BCUT2D eigenvalue weighted by molar-refractivity contribution is 0.247. The van der Waals surface area contributed by atoms with Crippen LogP contribution in [-0.4, -0.2) is 19.2 Å². The molecule has 4 nitrogen and oxygen atoms in total. The van der Waals surface area contributed by atoms with Crippen LogP contribution < -0.4 is 15.4 Å². The molecule has 0 heterocycles. The molecular formula is C19H24N2O2. The highest BCUT2D eigenvalue weighted by Crippen LogP contribution is 2.18. The van der Waals surface area contributed by atoms with Crippen LogP contribution in [0.15, 0.2) is 42.5 Å². The van der Waals surface area contributed by atoms with Crippen molar-refractivity contribution in [3.8, 4) is 5.75 Å². The van der Waals surface area contributed by atoms with E-state index in [1.165, 1.54) is 5.56 Å². The minimum atomic E-state index is -0.213. The fraction of sp³-hybridized carbons (Fsp3) is 0.316. The standard InChI is InChI=1S/C19H24N2O2/c1-4-16-7-5-6-8-17(16)21-19(22)20-11-12-23-18-10-9-14(2)13-15(18)3/h5-10,13H,4,11-12H2,1-3H3,(H2,20,21,22). The number of nitrogens with one attached hydrogen (secondary N) is 2. The molecule has 2 aromatic carbocycles. The summed E-state index contributed by atoms with van der Waals surface area (Å²) in [6.07, 6.45) is 0.881. The van der Waals surface area contributed by atoms with Crippen molar-refractivity contribution in [2.45, 2.75) is 27.2 Å². The van der Waals surface area contributed by atoms with Crippen molar-refractivity contribution in [3.63, 3.8) is 0 Å². The van der Waals surface area contributed by atoms with Gasteiger partial charge in [-0.15, -0.1) is 0 Å². The lowest BCUT2D eigenvalue weighted by Crippen LogP contribution is -2.32. The Labute approximate surface area is 137 Å². The molecule has 0 fully saturated rings. The van der Waals surface area contributed by atoms with Crippen LogP contribution in [0.1, 0.15) is 23.6 Å². The Morgan fingerprint density at radius 3 is 2.65 bits per heavy atom. The molecule has 0 unspecified atom stereocenters. The molecule has 0 saturated heterocycles. The number of ether oxygens (including phenoxy) is 1. The Morgan fingerprint density at radius 2 is 1.91 bits per heavy atom. The topological polar surface area (TPSA) is 50.4 Å². The minimum absolute atomic E-state index is 0.213. The predicted octanol–water partition coefficient (Wildman–Crippen LogP) is 4.07. The van der Waals surface area contributed by atoms with Crippen molar-refractivity contribution in [2.24, 2.45) is 0 Å². The Morgan fingerprint density at radius 1 is 1.13 bits per heavy atom. The first-order valence-corrected chi connectivity index (χ1v) is 7.93. The first-order valence-electron chi connectivity index (χ1n) is 7.93. The smallest absolute Gasteiger partial charge is 0.319 e. The van der Waals surface area contributed by atoms with E-state index in [1.807, 2.05) is 43.3 Å². The van der Waals surface area contributed by atoms with E-state index >= 15 is 0 Å². The van der Waals surface area contributed by atoms with Gasteiger partial charge in [-0.3, -0.25) is 0 Å². The highest BCUT2D eigenvalue weighted by atomic mass is 16.5. The second-order valence-electron chi connectivity index (χ2n) is 5.51. The van der Waals surface area contributed by atoms with Crippen LogP contribution in [0.4, 0.5) is 10.5 Å². The molecule has 0 spiro atoms. The van der Waals surface area contributed by atoms with Gasteiger partial charge < -0.3 is 15.4 Å². The fourth-order valence-corrected chi connectivity index (χ4v) is 2.40. The van der Waals surface area contributed by atoms with Gasteiger partial charge >= 0.3 is 6.03 Å². The third-order valence-electron chi connectivity index (χ3n) is 3.62. The van der Waals surface area contributed by atoms with Crippen molar-refractivity contribution in [3.05, 3.63) is 59.2 Å². The number of anilines is 1. The maximum Gasteiger partial charge on any atom is 0.319 e. The molecule has 2 aromatic rings. The molecule has 0 radical (unpaired) electrons. The number of hydrogen-bond acceptors (Lipinski definition) is 2.